The number of alkyl halides is 1. The number of halogens is 1. The molecule has 1 heteroatoms. The highest BCUT2D eigenvalue weighted by Gasteiger charge is 1.96. The van der Waals surface area contributed by atoms with Gasteiger partial charge in [0.2, 0.25) is 0 Å². The lowest BCUT2D eigenvalue weighted by Crippen LogP contribution is -1.90. The van der Waals surface area contributed by atoms with Gasteiger partial charge in [-0.05, 0) is 39.5 Å². The van der Waals surface area contributed by atoms with Gasteiger partial charge in [-0.25, -0.2) is 0 Å². The van der Waals surface area contributed by atoms with Crippen molar-refractivity contribution in [2.24, 2.45) is 5.92 Å². The van der Waals surface area contributed by atoms with Crippen LogP contribution in [0, 0.1) is 5.92 Å². The van der Waals surface area contributed by atoms with Crippen molar-refractivity contribution in [2.75, 3.05) is 4.43 Å². The van der Waals surface area contributed by atoms with Crippen molar-refractivity contribution in [2.45, 2.75) is 40.5 Å². The molecule has 0 bridgehead atoms. The Balaban J connectivity index is 3.85. The first-order chi connectivity index (χ1) is 7.06. The summed E-state index contributed by atoms with van der Waals surface area (Å²) in [5.41, 5.74) is 2.80. The van der Waals surface area contributed by atoms with E-state index in [4.69, 9.17) is 0 Å². The monoisotopic (exact) mass is 318 g/mol. The highest BCUT2D eigenvalue weighted by molar-refractivity contribution is 14.1. The lowest BCUT2D eigenvalue weighted by Gasteiger charge is -2.04. The van der Waals surface area contributed by atoms with E-state index in [1.54, 1.807) is 0 Å². The third-order valence-electron chi connectivity index (χ3n) is 2.25. The number of rotatable bonds is 6. The zero-order valence-corrected chi connectivity index (χ0v) is 12.5. The molecular formula is C14H23I. The third-order valence-corrected chi connectivity index (χ3v) is 2.69. The molecule has 0 spiro atoms. The van der Waals surface area contributed by atoms with Crippen molar-refractivity contribution in [3.05, 3.63) is 35.5 Å². The summed E-state index contributed by atoms with van der Waals surface area (Å²) in [5.74, 6) is 0.753. The molecular weight excluding hydrogens is 295 g/mol. The van der Waals surface area contributed by atoms with E-state index in [0.717, 1.165) is 10.3 Å². The van der Waals surface area contributed by atoms with Crippen LogP contribution in [0.2, 0.25) is 0 Å². The second-order valence-electron chi connectivity index (χ2n) is 4.36. The Bertz CT molecular complexity index is 242. The molecule has 0 fully saturated rings. The minimum absolute atomic E-state index is 0.753. The van der Waals surface area contributed by atoms with E-state index < -0.39 is 0 Å². The van der Waals surface area contributed by atoms with Crippen molar-refractivity contribution in [3.63, 3.8) is 0 Å². The van der Waals surface area contributed by atoms with Gasteiger partial charge in [0.25, 0.3) is 0 Å². The molecule has 0 rings (SSSR count). The van der Waals surface area contributed by atoms with Crippen LogP contribution >= 0.6 is 22.6 Å². The van der Waals surface area contributed by atoms with Crippen LogP contribution in [0.25, 0.3) is 0 Å². The van der Waals surface area contributed by atoms with Crippen molar-refractivity contribution in [3.8, 4) is 0 Å². The van der Waals surface area contributed by atoms with E-state index in [-0.39, 0.29) is 0 Å². The molecule has 0 aliphatic heterocycles. The molecule has 0 nitrogen and oxygen atoms in total. The van der Waals surface area contributed by atoms with Gasteiger partial charge in [0, 0.05) is 4.43 Å². The van der Waals surface area contributed by atoms with Gasteiger partial charge >= 0.3 is 0 Å². The predicted molar refractivity (Wildman–Crippen MR) is 79.6 cm³/mol. The number of allylic oxidation sites excluding steroid dienone is 6. The van der Waals surface area contributed by atoms with Crippen LogP contribution in [-0.4, -0.2) is 4.43 Å². The fourth-order valence-electron chi connectivity index (χ4n) is 1.21. The highest BCUT2D eigenvalue weighted by Crippen LogP contribution is 2.11. The summed E-state index contributed by atoms with van der Waals surface area (Å²) < 4.78 is 1.10. The van der Waals surface area contributed by atoms with E-state index in [1.807, 2.05) is 0 Å². The van der Waals surface area contributed by atoms with Gasteiger partial charge in [-0.1, -0.05) is 65.0 Å². The smallest absolute Gasteiger partial charge is 0.0181 e. The van der Waals surface area contributed by atoms with Crippen LogP contribution in [0.15, 0.2) is 35.5 Å². The molecule has 1 atom stereocenters. The maximum atomic E-state index is 2.37. The molecule has 0 aliphatic carbocycles. The van der Waals surface area contributed by atoms with Gasteiger partial charge in [0.1, 0.15) is 0 Å². The summed E-state index contributed by atoms with van der Waals surface area (Å²) in [6.45, 7) is 8.79. The lowest BCUT2D eigenvalue weighted by atomic mass is 10.0. The molecule has 0 saturated carbocycles. The van der Waals surface area contributed by atoms with Gasteiger partial charge in [-0.2, -0.15) is 0 Å². The Morgan fingerprint density at radius 1 is 1.13 bits per heavy atom. The molecule has 86 valence electrons. The highest BCUT2D eigenvalue weighted by atomic mass is 127. The van der Waals surface area contributed by atoms with Crippen LogP contribution in [0.1, 0.15) is 40.5 Å². The standard InChI is InChI=1S/C14H23I/c1-12(2)8-9-13(3)6-5-7-14(4)10-11-15/h5,7-8,10,13H,6,9,11H2,1-4H3/b7-5+,14-10+. The minimum Gasteiger partial charge on any atom is -0.0856 e. The van der Waals surface area contributed by atoms with Crippen molar-refractivity contribution in [1.82, 2.24) is 0 Å². The van der Waals surface area contributed by atoms with Crippen molar-refractivity contribution in [1.29, 1.82) is 0 Å². The summed E-state index contributed by atoms with van der Waals surface area (Å²) in [4.78, 5) is 0. The fourth-order valence-corrected chi connectivity index (χ4v) is 1.90. The third kappa shape index (κ3) is 10.2. The Labute approximate surface area is 109 Å². The van der Waals surface area contributed by atoms with Gasteiger partial charge in [0.15, 0.2) is 0 Å². The second-order valence-corrected chi connectivity index (χ2v) is 5.24. The molecule has 0 aromatic carbocycles. The average Bonchev–Trinajstić information content (AvgIpc) is 2.15. The Morgan fingerprint density at radius 2 is 1.80 bits per heavy atom. The minimum atomic E-state index is 0.753. The Kier molecular flexibility index (Phi) is 9.17. The van der Waals surface area contributed by atoms with E-state index in [9.17, 15) is 0 Å². The average molecular weight is 318 g/mol. The molecule has 15 heavy (non-hydrogen) atoms. The fraction of sp³-hybridized carbons (Fsp3) is 0.571. The van der Waals surface area contributed by atoms with E-state index >= 15 is 0 Å². The summed E-state index contributed by atoms with van der Waals surface area (Å²) in [6.07, 6.45) is 11.5. The van der Waals surface area contributed by atoms with Crippen LogP contribution in [0.3, 0.4) is 0 Å². The maximum absolute atomic E-state index is 2.37. The van der Waals surface area contributed by atoms with Gasteiger partial charge in [-0.15, -0.1) is 0 Å². The van der Waals surface area contributed by atoms with Crippen molar-refractivity contribution < 1.29 is 0 Å². The molecule has 0 amide bonds. The van der Waals surface area contributed by atoms with Gasteiger partial charge < -0.3 is 0 Å². The van der Waals surface area contributed by atoms with Crippen LogP contribution in [-0.2, 0) is 0 Å². The Morgan fingerprint density at radius 3 is 2.33 bits per heavy atom. The normalized spacial score (nSPS) is 14.3. The topological polar surface area (TPSA) is 0 Å². The predicted octanol–water partition coefficient (Wildman–Crippen LogP) is 5.31. The number of hydrogen-bond donors (Lipinski definition) is 0. The molecule has 0 N–H and O–H groups in total. The van der Waals surface area contributed by atoms with Gasteiger partial charge in [0.05, 0.1) is 0 Å². The SMILES string of the molecule is CC(C)=CCC(C)C/C=C/C(C)=C/CI. The second kappa shape index (κ2) is 9.20. The largest absolute Gasteiger partial charge is 0.0856 e. The van der Waals surface area contributed by atoms with Crippen molar-refractivity contribution >= 4 is 22.6 Å². The lowest BCUT2D eigenvalue weighted by molar-refractivity contribution is 0.601. The molecule has 0 saturated heterocycles. The maximum Gasteiger partial charge on any atom is 0.0181 e. The summed E-state index contributed by atoms with van der Waals surface area (Å²) in [7, 11) is 0. The molecule has 0 radical (unpaired) electrons. The van der Waals surface area contributed by atoms with E-state index in [2.05, 4.69) is 74.6 Å². The van der Waals surface area contributed by atoms with E-state index in [0.29, 0.717) is 0 Å². The molecule has 1 unspecified atom stereocenters. The summed E-state index contributed by atoms with van der Waals surface area (Å²) >= 11 is 2.37. The van der Waals surface area contributed by atoms with E-state index in [1.165, 1.54) is 24.0 Å². The summed E-state index contributed by atoms with van der Waals surface area (Å²) in [5, 5.41) is 0. The Hall–Kier alpha value is -0.0500. The first kappa shape index (κ1) is 14.9. The quantitative estimate of drug-likeness (QED) is 0.270. The molecule has 0 aromatic heterocycles. The van der Waals surface area contributed by atoms with Crippen LogP contribution in [0.4, 0.5) is 0 Å². The van der Waals surface area contributed by atoms with Crippen LogP contribution < -0.4 is 0 Å². The zero-order chi connectivity index (χ0) is 11.7. The molecule has 0 aromatic rings. The number of hydrogen-bond acceptors (Lipinski definition) is 0. The van der Waals surface area contributed by atoms with Crippen LogP contribution in [0.5, 0.6) is 0 Å². The molecule has 0 aliphatic rings. The zero-order valence-electron chi connectivity index (χ0n) is 10.4. The molecule has 0 heterocycles. The van der Waals surface area contributed by atoms with Gasteiger partial charge in [-0.3, -0.25) is 0 Å². The first-order valence-electron chi connectivity index (χ1n) is 5.59. The first-order valence-corrected chi connectivity index (χ1v) is 7.11. The summed E-state index contributed by atoms with van der Waals surface area (Å²) in [6, 6.07) is 0.